The number of likely N-dealkylation sites (tertiary alicyclic amines) is 1. The van der Waals surface area contributed by atoms with Gasteiger partial charge in [0.2, 0.25) is 0 Å². The first-order valence-corrected chi connectivity index (χ1v) is 8.58. The van der Waals surface area contributed by atoms with E-state index in [9.17, 15) is 4.79 Å². The van der Waals surface area contributed by atoms with Gasteiger partial charge in [0.15, 0.2) is 0 Å². The SMILES string of the molecule is O=C(c1cccs1)N1CCCCC(c2ccc(Cl)cc2)C1. The Labute approximate surface area is 134 Å². The van der Waals surface area contributed by atoms with E-state index in [2.05, 4.69) is 12.1 Å². The van der Waals surface area contributed by atoms with Crippen LogP contribution in [0.3, 0.4) is 0 Å². The third-order valence-corrected chi connectivity index (χ3v) is 5.14. The number of rotatable bonds is 2. The van der Waals surface area contributed by atoms with E-state index in [1.54, 1.807) is 0 Å². The predicted molar refractivity (Wildman–Crippen MR) is 88.3 cm³/mol. The molecule has 0 aliphatic carbocycles. The van der Waals surface area contributed by atoms with E-state index in [1.807, 2.05) is 34.5 Å². The summed E-state index contributed by atoms with van der Waals surface area (Å²) in [5, 5.41) is 2.72. The fraction of sp³-hybridized carbons (Fsp3) is 0.353. The molecule has 1 atom stereocenters. The van der Waals surface area contributed by atoms with E-state index in [-0.39, 0.29) is 5.91 Å². The first-order valence-electron chi connectivity index (χ1n) is 7.32. The molecule has 1 aliphatic heterocycles. The van der Waals surface area contributed by atoms with Crippen molar-refractivity contribution < 1.29 is 4.79 Å². The molecular formula is C17H18ClNOS. The fourth-order valence-corrected chi connectivity index (χ4v) is 3.71. The Bertz CT molecular complexity index is 594. The lowest BCUT2D eigenvalue weighted by Gasteiger charge is -2.24. The monoisotopic (exact) mass is 319 g/mol. The van der Waals surface area contributed by atoms with Crippen molar-refractivity contribution in [3.63, 3.8) is 0 Å². The Morgan fingerprint density at radius 2 is 2.00 bits per heavy atom. The molecule has 2 nitrogen and oxygen atoms in total. The number of nitrogens with zero attached hydrogens (tertiary/aromatic N) is 1. The highest BCUT2D eigenvalue weighted by Gasteiger charge is 2.24. The zero-order valence-electron chi connectivity index (χ0n) is 11.8. The minimum Gasteiger partial charge on any atom is -0.337 e. The molecule has 0 saturated carbocycles. The molecule has 110 valence electrons. The highest BCUT2D eigenvalue weighted by atomic mass is 35.5. The molecule has 1 unspecified atom stereocenters. The lowest BCUT2D eigenvalue weighted by atomic mass is 9.94. The molecule has 1 saturated heterocycles. The molecule has 2 heterocycles. The first-order chi connectivity index (χ1) is 10.2. The Morgan fingerprint density at radius 3 is 2.71 bits per heavy atom. The van der Waals surface area contributed by atoms with Crippen LogP contribution >= 0.6 is 22.9 Å². The third kappa shape index (κ3) is 3.47. The molecule has 3 rings (SSSR count). The third-order valence-electron chi connectivity index (χ3n) is 4.03. The molecule has 0 spiro atoms. The van der Waals surface area contributed by atoms with Crippen molar-refractivity contribution in [3.05, 3.63) is 57.2 Å². The van der Waals surface area contributed by atoms with Gasteiger partial charge < -0.3 is 4.90 Å². The van der Waals surface area contributed by atoms with Crippen LogP contribution < -0.4 is 0 Å². The summed E-state index contributed by atoms with van der Waals surface area (Å²) in [7, 11) is 0. The minimum atomic E-state index is 0.172. The zero-order chi connectivity index (χ0) is 14.7. The van der Waals surface area contributed by atoms with Crippen LogP contribution in [0.2, 0.25) is 5.02 Å². The van der Waals surface area contributed by atoms with Gasteiger partial charge in [-0.1, -0.05) is 36.2 Å². The van der Waals surface area contributed by atoms with Crippen LogP contribution in [-0.2, 0) is 0 Å². The summed E-state index contributed by atoms with van der Waals surface area (Å²) < 4.78 is 0. The number of hydrogen-bond donors (Lipinski definition) is 0. The second kappa shape index (κ2) is 6.63. The highest BCUT2D eigenvalue weighted by Crippen LogP contribution is 2.28. The van der Waals surface area contributed by atoms with Crippen LogP contribution in [-0.4, -0.2) is 23.9 Å². The Kier molecular flexibility index (Phi) is 4.61. The maximum absolute atomic E-state index is 12.6. The van der Waals surface area contributed by atoms with E-state index in [0.717, 1.165) is 35.8 Å². The van der Waals surface area contributed by atoms with Crippen molar-refractivity contribution in [2.45, 2.75) is 25.2 Å². The first kappa shape index (κ1) is 14.6. The molecule has 0 radical (unpaired) electrons. The molecule has 1 aromatic heterocycles. The summed E-state index contributed by atoms with van der Waals surface area (Å²) in [5.74, 6) is 0.583. The molecule has 4 heteroatoms. The van der Waals surface area contributed by atoms with E-state index in [4.69, 9.17) is 11.6 Å². The lowest BCUT2D eigenvalue weighted by Crippen LogP contribution is -2.33. The summed E-state index contributed by atoms with van der Waals surface area (Å²) in [5.41, 5.74) is 1.28. The van der Waals surface area contributed by atoms with Gasteiger partial charge in [-0.15, -0.1) is 11.3 Å². The standard InChI is InChI=1S/C17H18ClNOS/c18-15-8-6-13(7-9-15)14-4-1-2-10-19(12-14)17(20)16-5-3-11-21-16/h3,5-9,11,14H,1-2,4,10,12H2. The Morgan fingerprint density at radius 1 is 1.19 bits per heavy atom. The molecule has 21 heavy (non-hydrogen) atoms. The average Bonchev–Trinajstić information content (AvgIpc) is 2.92. The summed E-state index contributed by atoms with van der Waals surface area (Å²) in [6.07, 6.45) is 3.39. The van der Waals surface area contributed by atoms with Gasteiger partial charge in [-0.2, -0.15) is 0 Å². The molecule has 1 aromatic carbocycles. The van der Waals surface area contributed by atoms with Crippen molar-refractivity contribution in [3.8, 4) is 0 Å². The molecule has 0 N–H and O–H groups in total. The van der Waals surface area contributed by atoms with Gasteiger partial charge >= 0.3 is 0 Å². The quantitative estimate of drug-likeness (QED) is 0.777. The zero-order valence-corrected chi connectivity index (χ0v) is 13.4. The minimum absolute atomic E-state index is 0.172. The Balaban J connectivity index is 1.77. The molecule has 1 fully saturated rings. The summed E-state index contributed by atoms with van der Waals surface area (Å²) in [6, 6.07) is 11.9. The number of benzene rings is 1. The van der Waals surface area contributed by atoms with Gasteiger partial charge in [-0.25, -0.2) is 0 Å². The Hall–Kier alpha value is -1.32. The topological polar surface area (TPSA) is 20.3 Å². The molecular weight excluding hydrogens is 302 g/mol. The largest absolute Gasteiger partial charge is 0.337 e. The van der Waals surface area contributed by atoms with Crippen molar-refractivity contribution >= 4 is 28.8 Å². The van der Waals surface area contributed by atoms with Crippen LogP contribution in [0.25, 0.3) is 0 Å². The van der Waals surface area contributed by atoms with E-state index in [0.29, 0.717) is 5.92 Å². The number of amides is 1. The van der Waals surface area contributed by atoms with Crippen LogP contribution in [0.5, 0.6) is 0 Å². The molecule has 1 aliphatic rings. The van der Waals surface area contributed by atoms with Gasteiger partial charge in [0.05, 0.1) is 4.88 Å². The number of carbonyl (C=O) groups is 1. The maximum Gasteiger partial charge on any atom is 0.263 e. The number of hydrogen-bond acceptors (Lipinski definition) is 2. The van der Waals surface area contributed by atoms with Gasteiger partial charge in [-0.05, 0) is 42.0 Å². The van der Waals surface area contributed by atoms with E-state index in [1.165, 1.54) is 23.3 Å². The van der Waals surface area contributed by atoms with Gasteiger partial charge in [0.1, 0.15) is 0 Å². The smallest absolute Gasteiger partial charge is 0.263 e. The predicted octanol–water partition coefficient (Wildman–Crippen LogP) is 4.81. The summed E-state index contributed by atoms with van der Waals surface area (Å²) in [4.78, 5) is 15.4. The molecule has 0 bridgehead atoms. The van der Waals surface area contributed by atoms with Crippen LogP contribution in [0, 0.1) is 0 Å². The number of halogens is 1. The van der Waals surface area contributed by atoms with E-state index >= 15 is 0 Å². The van der Waals surface area contributed by atoms with Crippen molar-refractivity contribution in [1.29, 1.82) is 0 Å². The van der Waals surface area contributed by atoms with Gasteiger partial charge in [0, 0.05) is 24.0 Å². The van der Waals surface area contributed by atoms with E-state index < -0.39 is 0 Å². The van der Waals surface area contributed by atoms with Gasteiger partial charge in [-0.3, -0.25) is 4.79 Å². The number of thiophene rings is 1. The second-order valence-electron chi connectivity index (χ2n) is 5.47. The van der Waals surface area contributed by atoms with Crippen molar-refractivity contribution in [1.82, 2.24) is 4.90 Å². The van der Waals surface area contributed by atoms with Crippen molar-refractivity contribution in [2.75, 3.05) is 13.1 Å². The molecule has 1 amide bonds. The second-order valence-corrected chi connectivity index (χ2v) is 6.86. The number of carbonyl (C=O) groups excluding carboxylic acids is 1. The van der Waals surface area contributed by atoms with Gasteiger partial charge in [0.25, 0.3) is 5.91 Å². The van der Waals surface area contributed by atoms with Crippen LogP contribution in [0.4, 0.5) is 0 Å². The van der Waals surface area contributed by atoms with Crippen molar-refractivity contribution in [2.24, 2.45) is 0 Å². The maximum atomic E-state index is 12.6. The summed E-state index contributed by atoms with van der Waals surface area (Å²) >= 11 is 7.49. The normalized spacial score (nSPS) is 19.3. The fourth-order valence-electron chi connectivity index (χ4n) is 2.89. The average molecular weight is 320 g/mol. The highest BCUT2D eigenvalue weighted by molar-refractivity contribution is 7.12. The van der Waals surface area contributed by atoms with Crippen LogP contribution in [0.1, 0.15) is 40.4 Å². The lowest BCUT2D eigenvalue weighted by molar-refractivity contribution is 0.0759. The van der Waals surface area contributed by atoms with Crippen LogP contribution in [0.15, 0.2) is 41.8 Å². The summed E-state index contributed by atoms with van der Waals surface area (Å²) in [6.45, 7) is 1.67. The molecule has 2 aromatic rings.